The molecule has 168 valence electrons. The number of amides is 2. The van der Waals surface area contributed by atoms with Gasteiger partial charge in [0.1, 0.15) is 11.9 Å². The van der Waals surface area contributed by atoms with Gasteiger partial charge in [0.15, 0.2) is 0 Å². The van der Waals surface area contributed by atoms with Gasteiger partial charge in [0, 0.05) is 38.4 Å². The third kappa shape index (κ3) is 4.27. The molecular formula is C26H32N4O2. The first-order chi connectivity index (χ1) is 15.5. The summed E-state index contributed by atoms with van der Waals surface area (Å²) in [6.07, 6.45) is 1.97. The van der Waals surface area contributed by atoms with Crippen molar-refractivity contribution >= 4 is 22.8 Å². The highest BCUT2D eigenvalue weighted by atomic mass is 16.2. The number of carbonyl (C=O) groups is 2. The molecule has 0 saturated heterocycles. The van der Waals surface area contributed by atoms with Crippen LogP contribution in [-0.4, -0.2) is 38.9 Å². The van der Waals surface area contributed by atoms with E-state index in [0.29, 0.717) is 25.9 Å². The Hall–Kier alpha value is -3.15. The lowest BCUT2D eigenvalue weighted by Crippen LogP contribution is -2.54. The minimum atomic E-state index is -0.476. The Morgan fingerprint density at radius 1 is 1.09 bits per heavy atom. The first-order valence-corrected chi connectivity index (χ1v) is 11.6. The van der Waals surface area contributed by atoms with Crippen LogP contribution >= 0.6 is 0 Å². The SMILES string of the molecule is CCC(C)C(=O)N1Cc2ccccc2CC1C(=O)NCCc1nc2ccccc2n1CC. The molecule has 0 saturated carbocycles. The Bertz CT molecular complexity index is 1120. The van der Waals surface area contributed by atoms with E-state index in [1.54, 1.807) is 4.90 Å². The first-order valence-electron chi connectivity index (χ1n) is 11.6. The molecule has 3 aromatic rings. The van der Waals surface area contributed by atoms with Crippen LogP contribution < -0.4 is 5.32 Å². The minimum absolute atomic E-state index is 0.0509. The van der Waals surface area contributed by atoms with Crippen LogP contribution in [-0.2, 0) is 35.5 Å². The molecule has 0 spiro atoms. The van der Waals surface area contributed by atoms with Crippen molar-refractivity contribution < 1.29 is 9.59 Å². The average Bonchev–Trinajstić information content (AvgIpc) is 3.19. The summed E-state index contributed by atoms with van der Waals surface area (Å²) >= 11 is 0. The van der Waals surface area contributed by atoms with E-state index in [0.717, 1.165) is 41.0 Å². The lowest BCUT2D eigenvalue weighted by Gasteiger charge is -2.37. The van der Waals surface area contributed by atoms with Crippen molar-refractivity contribution in [2.75, 3.05) is 6.54 Å². The van der Waals surface area contributed by atoms with E-state index < -0.39 is 6.04 Å². The molecule has 0 aliphatic carbocycles. The van der Waals surface area contributed by atoms with Gasteiger partial charge in [-0.15, -0.1) is 0 Å². The molecule has 2 amide bonds. The van der Waals surface area contributed by atoms with Crippen LogP contribution in [0, 0.1) is 5.92 Å². The quantitative estimate of drug-likeness (QED) is 0.619. The van der Waals surface area contributed by atoms with Gasteiger partial charge in [0.05, 0.1) is 11.0 Å². The maximum absolute atomic E-state index is 13.2. The first kappa shape index (κ1) is 22.1. The zero-order valence-electron chi connectivity index (χ0n) is 19.2. The third-order valence-corrected chi connectivity index (χ3v) is 6.57. The molecule has 4 rings (SSSR count). The van der Waals surface area contributed by atoms with Crippen molar-refractivity contribution in [3.63, 3.8) is 0 Å². The third-order valence-electron chi connectivity index (χ3n) is 6.57. The number of carbonyl (C=O) groups excluding carboxylic acids is 2. The molecule has 1 aliphatic heterocycles. The number of para-hydroxylation sites is 2. The molecule has 2 aromatic carbocycles. The molecule has 32 heavy (non-hydrogen) atoms. The number of fused-ring (bicyclic) bond motifs is 2. The van der Waals surface area contributed by atoms with Gasteiger partial charge in [0.25, 0.3) is 0 Å². The second-order valence-electron chi connectivity index (χ2n) is 8.57. The summed E-state index contributed by atoms with van der Waals surface area (Å²) in [6, 6.07) is 15.7. The molecule has 2 atom stereocenters. The normalized spacial score (nSPS) is 16.6. The number of aromatic nitrogens is 2. The molecular weight excluding hydrogens is 400 g/mol. The highest BCUT2D eigenvalue weighted by Crippen LogP contribution is 2.25. The lowest BCUT2D eigenvalue weighted by atomic mass is 9.92. The molecule has 1 aliphatic rings. The van der Waals surface area contributed by atoms with E-state index in [1.165, 1.54) is 0 Å². The van der Waals surface area contributed by atoms with Crippen molar-refractivity contribution in [2.24, 2.45) is 5.92 Å². The molecule has 0 radical (unpaired) electrons. The van der Waals surface area contributed by atoms with Crippen LogP contribution in [0.1, 0.15) is 44.1 Å². The van der Waals surface area contributed by atoms with Crippen molar-refractivity contribution in [3.05, 3.63) is 65.5 Å². The number of nitrogens with one attached hydrogen (secondary N) is 1. The largest absolute Gasteiger partial charge is 0.354 e. The highest BCUT2D eigenvalue weighted by molar-refractivity contribution is 5.89. The van der Waals surface area contributed by atoms with E-state index in [9.17, 15) is 9.59 Å². The van der Waals surface area contributed by atoms with E-state index >= 15 is 0 Å². The van der Waals surface area contributed by atoms with Crippen molar-refractivity contribution in [2.45, 2.75) is 59.2 Å². The Morgan fingerprint density at radius 2 is 1.81 bits per heavy atom. The molecule has 1 aromatic heterocycles. The average molecular weight is 433 g/mol. The van der Waals surface area contributed by atoms with Crippen molar-refractivity contribution in [1.82, 2.24) is 19.8 Å². The zero-order chi connectivity index (χ0) is 22.7. The summed E-state index contributed by atoms with van der Waals surface area (Å²) in [7, 11) is 0. The second kappa shape index (κ2) is 9.55. The smallest absolute Gasteiger partial charge is 0.243 e. The maximum atomic E-state index is 13.2. The summed E-state index contributed by atoms with van der Waals surface area (Å²) in [4.78, 5) is 32.8. The van der Waals surface area contributed by atoms with Crippen LogP contribution in [0.25, 0.3) is 11.0 Å². The number of imidazole rings is 1. The number of hydrogen-bond donors (Lipinski definition) is 1. The van der Waals surface area contributed by atoms with Gasteiger partial charge >= 0.3 is 0 Å². The summed E-state index contributed by atoms with van der Waals surface area (Å²) in [5.74, 6) is 0.834. The van der Waals surface area contributed by atoms with Gasteiger partial charge in [-0.3, -0.25) is 9.59 Å². The second-order valence-corrected chi connectivity index (χ2v) is 8.57. The van der Waals surface area contributed by atoms with Gasteiger partial charge in [-0.1, -0.05) is 50.2 Å². The Kier molecular flexibility index (Phi) is 6.58. The number of benzene rings is 2. The molecule has 2 unspecified atom stereocenters. The van der Waals surface area contributed by atoms with Gasteiger partial charge in [0.2, 0.25) is 11.8 Å². The monoisotopic (exact) mass is 432 g/mol. The Balaban J connectivity index is 1.48. The minimum Gasteiger partial charge on any atom is -0.354 e. The van der Waals surface area contributed by atoms with Gasteiger partial charge in [-0.2, -0.15) is 0 Å². The van der Waals surface area contributed by atoms with Crippen molar-refractivity contribution in [1.29, 1.82) is 0 Å². The van der Waals surface area contributed by atoms with Crippen LogP contribution in [0.15, 0.2) is 48.5 Å². The van der Waals surface area contributed by atoms with Crippen LogP contribution in [0.3, 0.4) is 0 Å². The number of aryl methyl sites for hydroxylation is 1. The fourth-order valence-electron chi connectivity index (χ4n) is 4.53. The topological polar surface area (TPSA) is 67.2 Å². The summed E-state index contributed by atoms with van der Waals surface area (Å²) < 4.78 is 2.19. The van der Waals surface area contributed by atoms with E-state index in [4.69, 9.17) is 4.98 Å². The predicted octanol–water partition coefficient (Wildman–Crippen LogP) is 3.71. The number of rotatable bonds is 7. The lowest BCUT2D eigenvalue weighted by molar-refractivity contribution is -0.144. The Labute approximate surface area is 189 Å². The summed E-state index contributed by atoms with van der Waals surface area (Å²) in [6.45, 7) is 7.87. The summed E-state index contributed by atoms with van der Waals surface area (Å²) in [5, 5.41) is 3.08. The maximum Gasteiger partial charge on any atom is 0.243 e. The van der Waals surface area contributed by atoms with E-state index in [1.807, 2.05) is 44.2 Å². The fourth-order valence-corrected chi connectivity index (χ4v) is 4.53. The van der Waals surface area contributed by atoms with Gasteiger partial charge in [-0.05, 0) is 36.6 Å². The molecule has 6 heteroatoms. The van der Waals surface area contributed by atoms with Gasteiger partial charge in [-0.25, -0.2) is 4.98 Å². The molecule has 6 nitrogen and oxygen atoms in total. The van der Waals surface area contributed by atoms with Gasteiger partial charge < -0.3 is 14.8 Å². The standard InChI is InChI=1S/C26H32N4O2/c1-4-18(3)26(32)30-17-20-11-7-6-10-19(20)16-23(30)25(31)27-15-14-24-28-21-12-8-9-13-22(21)29(24)5-2/h6-13,18,23H,4-5,14-17H2,1-3H3,(H,27,31). The fraction of sp³-hybridized carbons (Fsp3) is 0.423. The van der Waals surface area contributed by atoms with Crippen molar-refractivity contribution in [3.8, 4) is 0 Å². The predicted molar refractivity (Wildman–Crippen MR) is 126 cm³/mol. The zero-order valence-corrected chi connectivity index (χ0v) is 19.2. The van der Waals surface area contributed by atoms with Crippen LogP contribution in [0.4, 0.5) is 0 Å². The molecule has 0 fully saturated rings. The number of hydrogen-bond acceptors (Lipinski definition) is 3. The molecule has 2 heterocycles. The van der Waals surface area contributed by atoms with E-state index in [-0.39, 0.29) is 17.7 Å². The van der Waals surface area contributed by atoms with E-state index in [2.05, 4.69) is 35.0 Å². The highest BCUT2D eigenvalue weighted by Gasteiger charge is 2.35. The molecule has 0 bridgehead atoms. The number of nitrogens with zero attached hydrogens (tertiary/aromatic N) is 3. The van der Waals surface area contributed by atoms with Crippen LogP contribution in [0.2, 0.25) is 0 Å². The molecule has 1 N–H and O–H groups in total. The Morgan fingerprint density at radius 3 is 2.56 bits per heavy atom. The van der Waals surface area contributed by atoms with Crippen LogP contribution in [0.5, 0.6) is 0 Å². The summed E-state index contributed by atoms with van der Waals surface area (Å²) in [5.41, 5.74) is 4.37.